The van der Waals surface area contributed by atoms with Crippen LogP contribution in [0.3, 0.4) is 0 Å². The first-order chi connectivity index (χ1) is 13.8. The highest BCUT2D eigenvalue weighted by molar-refractivity contribution is 6.04. The Kier molecular flexibility index (Phi) is 6.52. The number of nitrogens with zero attached hydrogens (tertiary/aromatic N) is 1. The Morgan fingerprint density at radius 3 is 2.41 bits per heavy atom. The van der Waals surface area contributed by atoms with Crippen LogP contribution in [0.4, 0.5) is 10.1 Å². The second-order valence-corrected chi connectivity index (χ2v) is 7.66. The third-order valence-electron chi connectivity index (χ3n) is 5.41. The molecule has 2 aromatic rings. The molecule has 2 unspecified atom stereocenters. The molecular formula is C23H27FN2O3. The van der Waals surface area contributed by atoms with Crippen molar-refractivity contribution < 1.29 is 18.7 Å². The van der Waals surface area contributed by atoms with E-state index in [1.54, 1.807) is 37.3 Å². The summed E-state index contributed by atoms with van der Waals surface area (Å²) in [5.41, 5.74) is 1.63. The van der Waals surface area contributed by atoms with Crippen LogP contribution in [0.5, 0.6) is 5.75 Å². The molecule has 0 radical (unpaired) electrons. The summed E-state index contributed by atoms with van der Waals surface area (Å²) in [5, 5.41) is 2.71. The Hall–Kier alpha value is -2.89. The highest BCUT2D eigenvalue weighted by atomic mass is 19.1. The number of amides is 2. The maximum absolute atomic E-state index is 13.4. The summed E-state index contributed by atoms with van der Waals surface area (Å²) in [6, 6.07) is 11.3. The average molecular weight is 398 g/mol. The predicted octanol–water partition coefficient (Wildman–Crippen LogP) is 4.55. The highest BCUT2D eigenvalue weighted by Gasteiger charge is 2.28. The highest BCUT2D eigenvalue weighted by Crippen LogP contribution is 2.23. The topological polar surface area (TPSA) is 58.6 Å². The molecule has 2 atom stereocenters. The molecule has 1 aliphatic heterocycles. The standard InChI is InChI=1S/C23H27FN2O3/c1-15-7-10-19(24)13-21(15)25-23(28)18-8-11-20(12-9-18)29-14-22(27)26-16(2)5-4-6-17(26)3/h7-13,16-17H,4-6,14H2,1-3H3,(H,25,28). The van der Waals surface area contributed by atoms with Gasteiger partial charge in [0.25, 0.3) is 11.8 Å². The fourth-order valence-electron chi connectivity index (χ4n) is 3.76. The molecule has 1 N–H and O–H groups in total. The van der Waals surface area contributed by atoms with Crippen LogP contribution in [0.15, 0.2) is 42.5 Å². The van der Waals surface area contributed by atoms with Crippen molar-refractivity contribution in [3.63, 3.8) is 0 Å². The number of ether oxygens (including phenoxy) is 1. The van der Waals surface area contributed by atoms with E-state index in [0.29, 0.717) is 17.0 Å². The van der Waals surface area contributed by atoms with Crippen LogP contribution in [-0.2, 0) is 4.79 Å². The van der Waals surface area contributed by atoms with Gasteiger partial charge >= 0.3 is 0 Å². The van der Waals surface area contributed by atoms with Crippen LogP contribution in [0.1, 0.15) is 49.0 Å². The third-order valence-corrected chi connectivity index (χ3v) is 5.41. The summed E-state index contributed by atoms with van der Waals surface area (Å²) in [5.74, 6) is -0.240. The molecule has 1 saturated heterocycles. The molecule has 1 heterocycles. The van der Waals surface area contributed by atoms with E-state index >= 15 is 0 Å². The number of anilines is 1. The molecule has 1 fully saturated rings. The summed E-state index contributed by atoms with van der Waals surface area (Å²) < 4.78 is 19.0. The zero-order valence-corrected chi connectivity index (χ0v) is 17.1. The zero-order valence-electron chi connectivity index (χ0n) is 17.1. The van der Waals surface area contributed by atoms with Crippen molar-refractivity contribution in [2.75, 3.05) is 11.9 Å². The normalized spacial score (nSPS) is 19.0. The molecule has 0 bridgehead atoms. The maximum Gasteiger partial charge on any atom is 0.260 e. The van der Waals surface area contributed by atoms with Crippen LogP contribution < -0.4 is 10.1 Å². The van der Waals surface area contributed by atoms with Gasteiger partial charge in [0.15, 0.2) is 6.61 Å². The van der Waals surface area contributed by atoms with Crippen molar-refractivity contribution in [3.8, 4) is 5.75 Å². The van der Waals surface area contributed by atoms with Crippen LogP contribution in [-0.4, -0.2) is 35.4 Å². The fraction of sp³-hybridized carbons (Fsp3) is 0.391. The van der Waals surface area contributed by atoms with Gasteiger partial charge in [-0.3, -0.25) is 9.59 Å². The Balaban J connectivity index is 1.57. The number of likely N-dealkylation sites (tertiary alicyclic amines) is 1. The molecule has 2 amide bonds. The second-order valence-electron chi connectivity index (χ2n) is 7.66. The van der Waals surface area contributed by atoms with Gasteiger partial charge in [-0.1, -0.05) is 6.07 Å². The number of hydrogen-bond donors (Lipinski definition) is 1. The number of aryl methyl sites for hydroxylation is 1. The first kappa shape index (κ1) is 20.8. The molecule has 0 aromatic heterocycles. The third kappa shape index (κ3) is 5.13. The van der Waals surface area contributed by atoms with E-state index in [9.17, 15) is 14.0 Å². The first-order valence-corrected chi connectivity index (χ1v) is 9.96. The van der Waals surface area contributed by atoms with Crippen molar-refractivity contribution in [1.29, 1.82) is 0 Å². The minimum atomic E-state index is -0.406. The summed E-state index contributed by atoms with van der Waals surface area (Å²) in [7, 11) is 0. The Morgan fingerprint density at radius 1 is 1.10 bits per heavy atom. The van der Waals surface area contributed by atoms with Gasteiger partial charge in [-0.15, -0.1) is 0 Å². The summed E-state index contributed by atoms with van der Waals surface area (Å²) in [6.07, 6.45) is 3.18. The molecule has 0 saturated carbocycles. The van der Waals surface area contributed by atoms with E-state index in [1.807, 2.05) is 4.90 Å². The number of carbonyl (C=O) groups excluding carboxylic acids is 2. The molecular weight excluding hydrogens is 371 g/mol. The monoisotopic (exact) mass is 398 g/mol. The Bertz CT molecular complexity index is 872. The number of benzene rings is 2. The summed E-state index contributed by atoms with van der Waals surface area (Å²) in [4.78, 5) is 26.8. The molecule has 2 aromatic carbocycles. The van der Waals surface area contributed by atoms with E-state index in [2.05, 4.69) is 19.2 Å². The van der Waals surface area contributed by atoms with Crippen LogP contribution in [0.2, 0.25) is 0 Å². The Labute approximate surface area is 170 Å². The van der Waals surface area contributed by atoms with E-state index < -0.39 is 5.82 Å². The van der Waals surface area contributed by atoms with E-state index in [-0.39, 0.29) is 30.5 Å². The lowest BCUT2D eigenvalue weighted by atomic mass is 9.97. The zero-order chi connectivity index (χ0) is 21.0. The molecule has 29 heavy (non-hydrogen) atoms. The van der Waals surface area contributed by atoms with E-state index in [1.165, 1.54) is 12.1 Å². The van der Waals surface area contributed by atoms with Gasteiger partial charge in [0.1, 0.15) is 11.6 Å². The van der Waals surface area contributed by atoms with Crippen molar-refractivity contribution in [3.05, 3.63) is 59.4 Å². The average Bonchev–Trinajstić information content (AvgIpc) is 2.69. The fourth-order valence-corrected chi connectivity index (χ4v) is 3.76. The molecule has 5 nitrogen and oxygen atoms in total. The number of nitrogens with one attached hydrogen (secondary N) is 1. The van der Waals surface area contributed by atoms with Gasteiger partial charge in [-0.25, -0.2) is 4.39 Å². The van der Waals surface area contributed by atoms with Crippen LogP contribution in [0.25, 0.3) is 0 Å². The molecule has 154 valence electrons. The van der Waals surface area contributed by atoms with Crippen LogP contribution >= 0.6 is 0 Å². The van der Waals surface area contributed by atoms with Gasteiger partial charge < -0.3 is 15.0 Å². The Morgan fingerprint density at radius 2 is 1.76 bits per heavy atom. The van der Waals surface area contributed by atoms with Crippen molar-refractivity contribution in [2.45, 2.75) is 52.1 Å². The number of halogens is 1. The van der Waals surface area contributed by atoms with Crippen molar-refractivity contribution in [2.24, 2.45) is 0 Å². The number of piperidine rings is 1. The number of hydrogen-bond acceptors (Lipinski definition) is 3. The lowest BCUT2D eigenvalue weighted by Crippen LogP contribution is -2.49. The lowest BCUT2D eigenvalue weighted by molar-refractivity contribution is -0.139. The second kappa shape index (κ2) is 9.07. The van der Waals surface area contributed by atoms with E-state index in [0.717, 1.165) is 24.8 Å². The quantitative estimate of drug-likeness (QED) is 0.804. The minimum Gasteiger partial charge on any atom is -0.484 e. The molecule has 3 rings (SSSR count). The number of rotatable bonds is 5. The predicted molar refractivity (Wildman–Crippen MR) is 111 cm³/mol. The smallest absolute Gasteiger partial charge is 0.260 e. The molecule has 6 heteroatoms. The van der Waals surface area contributed by atoms with Gasteiger partial charge in [0, 0.05) is 23.3 Å². The van der Waals surface area contributed by atoms with Gasteiger partial charge in [-0.2, -0.15) is 0 Å². The molecule has 0 aliphatic carbocycles. The van der Waals surface area contributed by atoms with Gasteiger partial charge in [0.2, 0.25) is 0 Å². The maximum atomic E-state index is 13.4. The first-order valence-electron chi connectivity index (χ1n) is 9.96. The largest absolute Gasteiger partial charge is 0.484 e. The molecule has 0 spiro atoms. The van der Waals surface area contributed by atoms with Gasteiger partial charge in [-0.05, 0) is 82.0 Å². The summed E-state index contributed by atoms with van der Waals surface area (Å²) >= 11 is 0. The van der Waals surface area contributed by atoms with Crippen molar-refractivity contribution >= 4 is 17.5 Å². The minimum absolute atomic E-state index is 0.0203. The van der Waals surface area contributed by atoms with Gasteiger partial charge in [0.05, 0.1) is 0 Å². The summed E-state index contributed by atoms with van der Waals surface area (Å²) in [6.45, 7) is 5.92. The molecule has 1 aliphatic rings. The van der Waals surface area contributed by atoms with E-state index in [4.69, 9.17) is 4.74 Å². The lowest BCUT2D eigenvalue weighted by Gasteiger charge is -2.38. The number of carbonyl (C=O) groups is 2. The van der Waals surface area contributed by atoms with Crippen LogP contribution in [0, 0.1) is 12.7 Å². The SMILES string of the molecule is Cc1ccc(F)cc1NC(=O)c1ccc(OCC(=O)N2C(C)CCCC2C)cc1. The van der Waals surface area contributed by atoms with Crippen molar-refractivity contribution in [1.82, 2.24) is 4.90 Å².